The maximum Gasteiger partial charge on any atom is 0.407 e. The molecule has 0 spiro atoms. The molecule has 10 heteroatoms. The molecule has 0 saturated heterocycles. The van der Waals surface area contributed by atoms with Gasteiger partial charge in [0, 0.05) is 12.4 Å². The van der Waals surface area contributed by atoms with Crippen molar-refractivity contribution >= 4 is 15.7 Å². The lowest BCUT2D eigenvalue weighted by atomic mass is 10.3. The molecule has 1 aliphatic carbocycles. The topological polar surface area (TPSA) is 97.1 Å². The Morgan fingerprint density at radius 3 is 2.47 bits per heavy atom. The lowest BCUT2D eigenvalue weighted by Gasteiger charge is -2.21. The number of nitrogens with one attached hydrogen (secondary N) is 2. The number of anilines is 1. The lowest BCUT2D eigenvalue weighted by molar-refractivity contribution is -0.160. The number of nitrogen functional groups attached to an aromatic ring is 1. The van der Waals surface area contributed by atoms with E-state index in [1.54, 1.807) is 4.72 Å². The highest BCUT2D eigenvalue weighted by atomic mass is 32.2. The van der Waals surface area contributed by atoms with Crippen molar-refractivity contribution in [2.45, 2.75) is 29.5 Å². The highest BCUT2D eigenvalue weighted by molar-refractivity contribution is 7.89. The Balaban J connectivity index is 2.34. The van der Waals surface area contributed by atoms with Crippen LogP contribution in [0.2, 0.25) is 0 Å². The van der Waals surface area contributed by atoms with Gasteiger partial charge in [0.25, 0.3) is 0 Å². The average Bonchev–Trinajstić information content (AvgIpc) is 3.08. The average molecular weight is 296 g/mol. The fraction of sp³-hybridized carbons (Fsp3) is 0.444. The summed E-state index contributed by atoms with van der Waals surface area (Å²) in [6.07, 6.45) is -2.98. The Kier molecular flexibility index (Phi) is 3.19. The summed E-state index contributed by atoms with van der Waals surface area (Å²) >= 11 is 0. The summed E-state index contributed by atoms with van der Waals surface area (Å²) in [5.74, 6) is 5.12. The van der Waals surface area contributed by atoms with Crippen LogP contribution in [0.5, 0.6) is 0 Å². The minimum absolute atomic E-state index is 0.0273. The van der Waals surface area contributed by atoms with Crippen molar-refractivity contribution in [2.75, 3.05) is 5.43 Å². The fourth-order valence-electron chi connectivity index (χ4n) is 1.59. The lowest BCUT2D eigenvalue weighted by Crippen LogP contribution is -2.47. The molecule has 6 nitrogen and oxygen atoms in total. The molecule has 1 fully saturated rings. The molecule has 0 radical (unpaired) electrons. The van der Waals surface area contributed by atoms with Crippen LogP contribution in [0.15, 0.2) is 23.4 Å². The molecule has 106 valence electrons. The third-order valence-electron chi connectivity index (χ3n) is 2.85. The van der Waals surface area contributed by atoms with Crippen LogP contribution in [-0.4, -0.2) is 25.1 Å². The highest BCUT2D eigenvalue weighted by Gasteiger charge is 2.65. The molecule has 0 atom stereocenters. The van der Waals surface area contributed by atoms with E-state index in [9.17, 15) is 21.6 Å². The zero-order valence-electron chi connectivity index (χ0n) is 9.53. The summed E-state index contributed by atoms with van der Waals surface area (Å²) < 4.78 is 63.8. The Morgan fingerprint density at radius 2 is 2.00 bits per heavy atom. The van der Waals surface area contributed by atoms with Crippen molar-refractivity contribution in [2.24, 2.45) is 5.84 Å². The van der Waals surface area contributed by atoms with Crippen molar-refractivity contribution in [3.8, 4) is 0 Å². The van der Waals surface area contributed by atoms with Gasteiger partial charge in [-0.15, -0.1) is 0 Å². The number of alkyl halides is 3. The number of hydrazine groups is 1. The monoisotopic (exact) mass is 296 g/mol. The van der Waals surface area contributed by atoms with E-state index in [1.807, 2.05) is 0 Å². The molecule has 0 aliphatic heterocycles. The molecule has 19 heavy (non-hydrogen) atoms. The predicted octanol–water partition coefficient (Wildman–Crippen LogP) is 0.740. The number of halogens is 3. The van der Waals surface area contributed by atoms with E-state index in [4.69, 9.17) is 5.84 Å². The number of nitrogens with two attached hydrogens (primary N) is 1. The van der Waals surface area contributed by atoms with E-state index in [0.29, 0.717) is 0 Å². The molecule has 0 bridgehead atoms. The van der Waals surface area contributed by atoms with Crippen molar-refractivity contribution in [1.29, 1.82) is 0 Å². The van der Waals surface area contributed by atoms with Crippen LogP contribution >= 0.6 is 0 Å². The van der Waals surface area contributed by atoms with Gasteiger partial charge in [0.05, 0.1) is 5.69 Å². The standard InChI is InChI=1S/C9H11F3N4O2S/c10-9(11,12)8(2-3-8)16-19(17,18)7-5-14-4-1-6(7)15-13/h1,4-5,16H,2-3,13H2,(H,14,15). The van der Waals surface area contributed by atoms with Gasteiger partial charge in [-0.25, -0.2) is 8.42 Å². The molecular weight excluding hydrogens is 285 g/mol. The minimum atomic E-state index is -4.63. The van der Waals surface area contributed by atoms with E-state index in [0.717, 1.165) is 6.20 Å². The number of sulfonamides is 1. The molecule has 1 heterocycles. The molecule has 2 rings (SSSR count). The first-order valence-corrected chi connectivity index (χ1v) is 6.71. The third-order valence-corrected chi connectivity index (χ3v) is 4.42. The van der Waals surface area contributed by atoms with Gasteiger partial charge >= 0.3 is 6.18 Å². The number of rotatable bonds is 4. The normalized spacial score (nSPS) is 18.1. The first-order chi connectivity index (χ1) is 8.72. The third kappa shape index (κ3) is 2.51. The second kappa shape index (κ2) is 4.32. The number of hydrogen-bond donors (Lipinski definition) is 3. The molecular formula is C9H11F3N4O2S. The van der Waals surface area contributed by atoms with Crippen LogP contribution in [0.1, 0.15) is 12.8 Å². The van der Waals surface area contributed by atoms with E-state index >= 15 is 0 Å². The van der Waals surface area contributed by atoms with Crippen molar-refractivity contribution in [1.82, 2.24) is 9.71 Å². The van der Waals surface area contributed by atoms with E-state index in [1.165, 1.54) is 12.3 Å². The molecule has 1 aliphatic rings. The second-order valence-electron chi connectivity index (χ2n) is 4.20. The molecule has 0 unspecified atom stereocenters. The largest absolute Gasteiger partial charge is 0.407 e. The SMILES string of the molecule is NNc1ccncc1S(=O)(=O)NC1(C(F)(F)F)CC1. The highest BCUT2D eigenvalue weighted by Crippen LogP contribution is 2.49. The summed E-state index contributed by atoms with van der Waals surface area (Å²) in [5.41, 5.74) is -0.289. The van der Waals surface area contributed by atoms with Crippen LogP contribution in [0.25, 0.3) is 0 Å². The van der Waals surface area contributed by atoms with E-state index < -0.39 is 26.6 Å². The smallest absolute Gasteiger partial charge is 0.323 e. The zero-order valence-corrected chi connectivity index (χ0v) is 10.3. The van der Waals surface area contributed by atoms with Crippen LogP contribution in [-0.2, 0) is 10.0 Å². The number of nitrogens with zero attached hydrogens (tertiary/aromatic N) is 1. The van der Waals surface area contributed by atoms with Gasteiger partial charge in [-0.1, -0.05) is 0 Å². The molecule has 1 saturated carbocycles. The van der Waals surface area contributed by atoms with Gasteiger partial charge in [0.1, 0.15) is 10.4 Å². The van der Waals surface area contributed by atoms with Gasteiger partial charge in [-0.05, 0) is 18.9 Å². The van der Waals surface area contributed by atoms with Gasteiger partial charge in [0.15, 0.2) is 0 Å². The first kappa shape index (κ1) is 14.0. The van der Waals surface area contributed by atoms with Gasteiger partial charge in [0.2, 0.25) is 10.0 Å². The zero-order chi connectivity index (χ0) is 14.3. The summed E-state index contributed by atoms with van der Waals surface area (Å²) in [6.45, 7) is 0. The Hall–Kier alpha value is -1.39. The quantitative estimate of drug-likeness (QED) is 0.562. The first-order valence-electron chi connectivity index (χ1n) is 5.23. The second-order valence-corrected chi connectivity index (χ2v) is 5.85. The maximum absolute atomic E-state index is 12.7. The number of pyridine rings is 1. The van der Waals surface area contributed by atoms with Crippen LogP contribution in [0, 0.1) is 0 Å². The summed E-state index contributed by atoms with van der Waals surface area (Å²) in [6, 6.07) is 1.25. The minimum Gasteiger partial charge on any atom is -0.323 e. The maximum atomic E-state index is 12.7. The Morgan fingerprint density at radius 1 is 1.37 bits per heavy atom. The fourth-order valence-corrected chi connectivity index (χ4v) is 3.15. The van der Waals surface area contributed by atoms with Gasteiger partial charge < -0.3 is 5.43 Å². The Labute approximate surface area is 107 Å². The van der Waals surface area contributed by atoms with Crippen LogP contribution in [0.4, 0.5) is 18.9 Å². The van der Waals surface area contributed by atoms with Crippen LogP contribution < -0.4 is 16.0 Å². The van der Waals surface area contributed by atoms with Crippen LogP contribution in [0.3, 0.4) is 0 Å². The van der Waals surface area contributed by atoms with E-state index in [-0.39, 0.29) is 18.5 Å². The summed E-state index contributed by atoms with van der Waals surface area (Å²) in [4.78, 5) is 3.15. The Bertz CT molecular complexity index is 583. The number of hydrogen-bond acceptors (Lipinski definition) is 5. The molecule has 1 aromatic rings. The molecule has 4 N–H and O–H groups in total. The summed E-state index contributed by atoms with van der Waals surface area (Å²) in [5, 5.41) is 0. The van der Waals surface area contributed by atoms with Crippen molar-refractivity contribution in [3.05, 3.63) is 18.5 Å². The number of aromatic nitrogens is 1. The van der Waals surface area contributed by atoms with Crippen molar-refractivity contribution in [3.63, 3.8) is 0 Å². The molecule has 1 aromatic heterocycles. The van der Waals surface area contributed by atoms with Gasteiger partial charge in [-0.2, -0.15) is 17.9 Å². The predicted molar refractivity (Wildman–Crippen MR) is 60.4 cm³/mol. The summed E-state index contributed by atoms with van der Waals surface area (Å²) in [7, 11) is -4.36. The molecule has 0 amide bonds. The molecule has 0 aromatic carbocycles. The van der Waals surface area contributed by atoms with E-state index in [2.05, 4.69) is 10.4 Å². The van der Waals surface area contributed by atoms with Gasteiger partial charge in [-0.3, -0.25) is 10.8 Å². The van der Waals surface area contributed by atoms with Crippen molar-refractivity contribution < 1.29 is 21.6 Å².